The molecule has 0 unspecified atom stereocenters. The van der Waals surface area contributed by atoms with Crippen molar-refractivity contribution in [3.63, 3.8) is 0 Å². The molecule has 0 heterocycles. The smallest absolute Gasteiger partial charge is 0.338 e. The van der Waals surface area contributed by atoms with E-state index < -0.39 is 11.9 Å². The standard InChI is InChI=1S/C21H16ClNO3/c22-18-7-4-8-19(13-18)23-20(24)14-26-21(25)17-11-9-16(10-12-17)15-5-2-1-3-6-15/h1-13H,14H2,(H,23,24). The topological polar surface area (TPSA) is 55.4 Å². The molecule has 3 rings (SSSR count). The second kappa shape index (κ2) is 8.32. The fourth-order valence-electron chi connectivity index (χ4n) is 2.41. The van der Waals surface area contributed by atoms with E-state index in [4.69, 9.17) is 16.3 Å². The number of carbonyl (C=O) groups is 2. The molecule has 0 saturated heterocycles. The summed E-state index contributed by atoms with van der Waals surface area (Å²) in [5.41, 5.74) is 3.00. The second-order valence-corrected chi connectivity index (χ2v) is 6.01. The Morgan fingerprint density at radius 2 is 1.54 bits per heavy atom. The van der Waals surface area contributed by atoms with Crippen molar-refractivity contribution in [3.05, 3.63) is 89.4 Å². The molecule has 0 aromatic heterocycles. The first-order chi connectivity index (χ1) is 12.6. The van der Waals surface area contributed by atoms with Crippen molar-refractivity contribution in [2.45, 2.75) is 0 Å². The van der Waals surface area contributed by atoms with Gasteiger partial charge >= 0.3 is 5.97 Å². The van der Waals surface area contributed by atoms with Crippen LogP contribution in [0.4, 0.5) is 5.69 Å². The number of hydrogen-bond acceptors (Lipinski definition) is 3. The van der Waals surface area contributed by atoms with Crippen molar-refractivity contribution in [1.29, 1.82) is 0 Å². The van der Waals surface area contributed by atoms with Crippen LogP contribution < -0.4 is 5.32 Å². The van der Waals surface area contributed by atoms with Crippen LogP contribution in [0.3, 0.4) is 0 Å². The zero-order valence-electron chi connectivity index (χ0n) is 13.8. The van der Waals surface area contributed by atoms with Gasteiger partial charge in [-0.15, -0.1) is 0 Å². The third-order valence-electron chi connectivity index (χ3n) is 3.67. The van der Waals surface area contributed by atoms with Crippen LogP contribution in [-0.4, -0.2) is 18.5 Å². The van der Waals surface area contributed by atoms with E-state index in [1.807, 2.05) is 42.5 Å². The van der Waals surface area contributed by atoms with Crippen LogP contribution in [0.15, 0.2) is 78.9 Å². The number of benzene rings is 3. The first-order valence-corrected chi connectivity index (χ1v) is 8.37. The molecule has 1 amide bonds. The van der Waals surface area contributed by atoms with Crippen molar-refractivity contribution in [3.8, 4) is 11.1 Å². The largest absolute Gasteiger partial charge is 0.452 e. The van der Waals surface area contributed by atoms with E-state index in [9.17, 15) is 9.59 Å². The van der Waals surface area contributed by atoms with Crippen molar-refractivity contribution < 1.29 is 14.3 Å². The average Bonchev–Trinajstić information content (AvgIpc) is 2.67. The van der Waals surface area contributed by atoms with Crippen LogP contribution in [0.1, 0.15) is 10.4 Å². The summed E-state index contributed by atoms with van der Waals surface area (Å²) in [7, 11) is 0. The van der Waals surface area contributed by atoms with E-state index in [1.54, 1.807) is 36.4 Å². The Morgan fingerprint density at radius 3 is 2.23 bits per heavy atom. The van der Waals surface area contributed by atoms with Gasteiger partial charge in [-0.05, 0) is 41.5 Å². The van der Waals surface area contributed by atoms with E-state index in [0.29, 0.717) is 16.3 Å². The highest BCUT2D eigenvalue weighted by Gasteiger charge is 2.11. The van der Waals surface area contributed by atoms with Crippen LogP contribution in [0.25, 0.3) is 11.1 Å². The molecular weight excluding hydrogens is 350 g/mol. The minimum Gasteiger partial charge on any atom is -0.452 e. The molecule has 0 aliphatic carbocycles. The van der Waals surface area contributed by atoms with Crippen LogP contribution in [0, 0.1) is 0 Å². The Morgan fingerprint density at radius 1 is 0.846 bits per heavy atom. The van der Waals surface area contributed by atoms with E-state index in [-0.39, 0.29) is 6.61 Å². The normalized spacial score (nSPS) is 10.2. The molecular formula is C21H16ClNO3. The summed E-state index contributed by atoms with van der Waals surface area (Å²) in [4.78, 5) is 23.9. The maximum Gasteiger partial charge on any atom is 0.338 e. The molecule has 0 aliphatic heterocycles. The number of carbonyl (C=O) groups excluding carboxylic acids is 2. The Labute approximate surface area is 156 Å². The highest BCUT2D eigenvalue weighted by Crippen LogP contribution is 2.19. The highest BCUT2D eigenvalue weighted by molar-refractivity contribution is 6.30. The lowest BCUT2D eigenvalue weighted by Gasteiger charge is -2.07. The van der Waals surface area contributed by atoms with E-state index >= 15 is 0 Å². The van der Waals surface area contributed by atoms with E-state index in [1.165, 1.54) is 0 Å². The fourth-order valence-corrected chi connectivity index (χ4v) is 2.60. The Balaban J connectivity index is 1.55. The lowest BCUT2D eigenvalue weighted by molar-refractivity contribution is -0.119. The van der Waals surface area contributed by atoms with Gasteiger partial charge in [0, 0.05) is 10.7 Å². The maximum absolute atomic E-state index is 12.1. The highest BCUT2D eigenvalue weighted by atomic mass is 35.5. The lowest BCUT2D eigenvalue weighted by atomic mass is 10.0. The predicted octanol–water partition coefficient (Wildman–Crippen LogP) is 4.80. The molecule has 3 aromatic carbocycles. The molecule has 3 aromatic rings. The van der Waals surface area contributed by atoms with Crippen molar-refractivity contribution in [1.82, 2.24) is 0 Å². The Kier molecular flexibility index (Phi) is 5.66. The van der Waals surface area contributed by atoms with E-state index in [2.05, 4.69) is 5.32 Å². The van der Waals surface area contributed by atoms with E-state index in [0.717, 1.165) is 11.1 Å². The number of esters is 1. The molecule has 4 nitrogen and oxygen atoms in total. The Bertz CT molecular complexity index is 908. The number of hydrogen-bond donors (Lipinski definition) is 1. The summed E-state index contributed by atoms with van der Waals surface area (Å²) in [5.74, 6) is -0.979. The van der Waals surface area contributed by atoms with Gasteiger partial charge in [0.25, 0.3) is 5.91 Å². The van der Waals surface area contributed by atoms with Crippen molar-refractivity contribution in [2.75, 3.05) is 11.9 Å². The zero-order chi connectivity index (χ0) is 18.4. The summed E-state index contributed by atoms with van der Waals surface area (Å²) in [6.07, 6.45) is 0. The summed E-state index contributed by atoms with van der Waals surface area (Å²) in [6, 6.07) is 23.6. The average molecular weight is 366 g/mol. The fraction of sp³-hybridized carbons (Fsp3) is 0.0476. The van der Waals surface area contributed by atoms with Crippen molar-refractivity contribution in [2.24, 2.45) is 0 Å². The zero-order valence-corrected chi connectivity index (χ0v) is 14.6. The molecule has 26 heavy (non-hydrogen) atoms. The summed E-state index contributed by atoms with van der Waals surface area (Å²) >= 11 is 5.86. The number of nitrogens with one attached hydrogen (secondary N) is 1. The molecule has 130 valence electrons. The predicted molar refractivity (Wildman–Crippen MR) is 102 cm³/mol. The van der Waals surface area contributed by atoms with Gasteiger partial charge in [0.1, 0.15) is 0 Å². The SMILES string of the molecule is O=C(COC(=O)c1ccc(-c2ccccc2)cc1)Nc1cccc(Cl)c1. The molecule has 0 aliphatic rings. The number of rotatable bonds is 5. The lowest BCUT2D eigenvalue weighted by Crippen LogP contribution is -2.20. The monoisotopic (exact) mass is 365 g/mol. The van der Waals surface area contributed by atoms with Gasteiger partial charge in [-0.3, -0.25) is 4.79 Å². The molecule has 0 fully saturated rings. The molecule has 0 atom stereocenters. The molecule has 0 bridgehead atoms. The van der Waals surface area contributed by atoms with Gasteiger partial charge in [0.2, 0.25) is 0 Å². The number of halogens is 1. The maximum atomic E-state index is 12.1. The third-order valence-corrected chi connectivity index (χ3v) is 3.91. The summed E-state index contributed by atoms with van der Waals surface area (Å²) < 4.78 is 5.05. The minimum absolute atomic E-state index is 0.369. The summed E-state index contributed by atoms with van der Waals surface area (Å²) in [5, 5.41) is 3.13. The molecule has 1 N–H and O–H groups in total. The summed E-state index contributed by atoms with van der Waals surface area (Å²) in [6.45, 7) is -0.369. The number of ether oxygens (including phenoxy) is 1. The first-order valence-electron chi connectivity index (χ1n) is 8.00. The van der Waals surface area contributed by atoms with Gasteiger partial charge < -0.3 is 10.1 Å². The van der Waals surface area contributed by atoms with Gasteiger partial charge in [-0.1, -0.05) is 60.1 Å². The van der Waals surface area contributed by atoms with Gasteiger partial charge in [-0.25, -0.2) is 4.79 Å². The minimum atomic E-state index is -0.550. The molecule has 0 radical (unpaired) electrons. The first kappa shape index (κ1) is 17.7. The van der Waals surface area contributed by atoms with Gasteiger partial charge in [0.15, 0.2) is 6.61 Å². The number of anilines is 1. The van der Waals surface area contributed by atoms with Crippen LogP contribution in [-0.2, 0) is 9.53 Å². The molecule has 0 saturated carbocycles. The quantitative estimate of drug-likeness (QED) is 0.660. The third kappa shape index (κ3) is 4.71. The number of amides is 1. The molecule has 0 spiro atoms. The van der Waals surface area contributed by atoms with Crippen LogP contribution in [0.5, 0.6) is 0 Å². The van der Waals surface area contributed by atoms with Crippen molar-refractivity contribution >= 4 is 29.2 Å². The van der Waals surface area contributed by atoms with Crippen LogP contribution in [0.2, 0.25) is 5.02 Å². The van der Waals surface area contributed by atoms with Gasteiger partial charge in [-0.2, -0.15) is 0 Å². The second-order valence-electron chi connectivity index (χ2n) is 5.58. The van der Waals surface area contributed by atoms with Crippen LogP contribution >= 0.6 is 11.6 Å². The van der Waals surface area contributed by atoms with Gasteiger partial charge in [0.05, 0.1) is 5.56 Å². The molecule has 5 heteroatoms. The Hall–Kier alpha value is -3.11.